The van der Waals surface area contributed by atoms with Crippen LogP contribution in [0.3, 0.4) is 0 Å². The molecule has 0 saturated carbocycles. The third-order valence-electron chi connectivity index (χ3n) is 3.87. The van der Waals surface area contributed by atoms with Gasteiger partial charge in [0.15, 0.2) is 0 Å². The molecule has 2 aliphatic heterocycles. The number of carbonyl (C=O) groups is 1. The molecule has 1 N–H and O–H groups in total. The van der Waals surface area contributed by atoms with Crippen LogP contribution in [-0.2, 0) is 14.3 Å². The number of carbonyl (C=O) groups excluding carboxylic acids is 1. The van der Waals surface area contributed by atoms with E-state index in [9.17, 15) is 4.79 Å². The zero-order chi connectivity index (χ0) is 13.8. The van der Waals surface area contributed by atoms with Crippen molar-refractivity contribution in [3.63, 3.8) is 0 Å². The minimum Gasteiger partial charge on any atom is -0.373 e. The van der Waals surface area contributed by atoms with Crippen molar-refractivity contribution in [2.24, 2.45) is 0 Å². The van der Waals surface area contributed by atoms with Gasteiger partial charge < -0.3 is 14.8 Å². The summed E-state index contributed by atoms with van der Waals surface area (Å²) in [7, 11) is 0. The summed E-state index contributed by atoms with van der Waals surface area (Å²) < 4.78 is 11.1. The number of nitrogens with one attached hydrogen (secondary N) is 1. The second-order valence-electron chi connectivity index (χ2n) is 5.81. The Bertz CT molecular complexity index is 295. The van der Waals surface area contributed by atoms with Gasteiger partial charge in [-0.05, 0) is 33.6 Å². The lowest BCUT2D eigenvalue weighted by Crippen LogP contribution is -2.52. The number of hydrogen-bond acceptors (Lipinski definition) is 4. The number of rotatable bonds is 4. The molecule has 0 aromatic rings. The summed E-state index contributed by atoms with van der Waals surface area (Å²) in [5.74, 6) is 0.0405. The number of morpholine rings is 1. The number of amides is 1. The Morgan fingerprint density at radius 1 is 1.37 bits per heavy atom. The van der Waals surface area contributed by atoms with Crippen molar-refractivity contribution in [1.29, 1.82) is 0 Å². The van der Waals surface area contributed by atoms with Gasteiger partial charge in [-0.15, -0.1) is 0 Å². The van der Waals surface area contributed by atoms with E-state index < -0.39 is 0 Å². The van der Waals surface area contributed by atoms with Crippen LogP contribution in [0.15, 0.2) is 0 Å². The Kier molecular flexibility index (Phi) is 5.19. The molecule has 0 aromatic heterocycles. The van der Waals surface area contributed by atoms with Crippen LogP contribution in [0.25, 0.3) is 0 Å². The third kappa shape index (κ3) is 4.16. The molecule has 2 aliphatic rings. The first-order valence-electron chi connectivity index (χ1n) is 7.35. The van der Waals surface area contributed by atoms with Gasteiger partial charge in [-0.1, -0.05) is 0 Å². The molecule has 2 heterocycles. The average Bonchev–Trinajstić information content (AvgIpc) is 2.88. The fraction of sp³-hybridized carbons (Fsp3) is 0.929. The largest absolute Gasteiger partial charge is 0.373 e. The molecular weight excluding hydrogens is 244 g/mol. The smallest absolute Gasteiger partial charge is 0.249 e. The summed E-state index contributed by atoms with van der Waals surface area (Å²) in [6.45, 7) is 9.61. The third-order valence-corrected chi connectivity index (χ3v) is 3.87. The molecule has 2 rings (SSSR count). The van der Waals surface area contributed by atoms with Gasteiger partial charge in [0, 0.05) is 32.3 Å². The van der Waals surface area contributed by atoms with Crippen molar-refractivity contribution >= 4 is 5.91 Å². The molecule has 110 valence electrons. The van der Waals surface area contributed by atoms with Gasteiger partial charge in [-0.25, -0.2) is 0 Å². The summed E-state index contributed by atoms with van der Waals surface area (Å²) in [5.41, 5.74) is 0. The predicted molar refractivity (Wildman–Crippen MR) is 73.0 cm³/mol. The summed E-state index contributed by atoms with van der Waals surface area (Å²) in [5, 5.41) is 3.00. The lowest BCUT2D eigenvalue weighted by Gasteiger charge is -2.39. The average molecular weight is 270 g/mol. The zero-order valence-electron chi connectivity index (χ0n) is 12.2. The van der Waals surface area contributed by atoms with Gasteiger partial charge in [0.2, 0.25) is 5.91 Å². The van der Waals surface area contributed by atoms with E-state index in [4.69, 9.17) is 9.47 Å². The topological polar surface area (TPSA) is 50.8 Å². The normalized spacial score (nSPS) is 34.2. The quantitative estimate of drug-likeness (QED) is 0.820. The van der Waals surface area contributed by atoms with Crippen molar-refractivity contribution < 1.29 is 14.3 Å². The monoisotopic (exact) mass is 270 g/mol. The summed E-state index contributed by atoms with van der Waals surface area (Å²) in [6.07, 6.45) is 2.15. The van der Waals surface area contributed by atoms with Gasteiger partial charge in [0.1, 0.15) is 6.10 Å². The van der Waals surface area contributed by atoms with E-state index in [2.05, 4.69) is 31.0 Å². The molecule has 1 amide bonds. The highest BCUT2D eigenvalue weighted by molar-refractivity contribution is 5.80. The highest BCUT2D eigenvalue weighted by Gasteiger charge is 2.27. The number of nitrogens with zero attached hydrogens (tertiary/aromatic N) is 1. The Morgan fingerprint density at radius 2 is 2.05 bits per heavy atom. The van der Waals surface area contributed by atoms with E-state index in [1.807, 2.05) is 0 Å². The fourth-order valence-electron chi connectivity index (χ4n) is 2.85. The lowest BCUT2D eigenvalue weighted by atomic mass is 10.1. The minimum absolute atomic E-state index is 0.0405. The highest BCUT2D eigenvalue weighted by Crippen LogP contribution is 2.14. The van der Waals surface area contributed by atoms with E-state index in [0.29, 0.717) is 19.2 Å². The molecule has 0 radical (unpaired) electrons. The maximum atomic E-state index is 11.9. The summed E-state index contributed by atoms with van der Waals surface area (Å²) in [4.78, 5) is 14.3. The van der Waals surface area contributed by atoms with Gasteiger partial charge in [0.05, 0.1) is 12.2 Å². The Morgan fingerprint density at radius 3 is 2.63 bits per heavy atom. The molecule has 5 nitrogen and oxygen atoms in total. The second-order valence-corrected chi connectivity index (χ2v) is 5.81. The Labute approximate surface area is 115 Å². The second kappa shape index (κ2) is 6.68. The first kappa shape index (κ1) is 14.8. The van der Waals surface area contributed by atoms with E-state index in [-0.39, 0.29) is 24.2 Å². The van der Waals surface area contributed by atoms with Gasteiger partial charge in [0.25, 0.3) is 0 Å². The van der Waals surface area contributed by atoms with Crippen LogP contribution in [0.2, 0.25) is 0 Å². The molecule has 0 aromatic carbocycles. The van der Waals surface area contributed by atoms with E-state index >= 15 is 0 Å². The molecule has 0 bridgehead atoms. The molecule has 4 atom stereocenters. The summed E-state index contributed by atoms with van der Waals surface area (Å²) in [6, 6.07) is 0.333. The van der Waals surface area contributed by atoms with E-state index in [0.717, 1.165) is 25.9 Å². The molecule has 2 saturated heterocycles. The highest BCUT2D eigenvalue weighted by atomic mass is 16.5. The minimum atomic E-state index is -0.227. The van der Waals surface area contributed by atoms with Crippen molar-refractivity contribution in [2.45, 2.75) is 58.0 Å². The van der Waals surface area contributed by atoms with Crippen molar-refractivity contribution in [2.75, 3.05) is 26.2 Å². The van der Waals surface area contributed by atoms with Crippen LogP contribution < -0.4 is 5.32 Å². The lowest BCUT2D eigenvalue weighted by molar-refractivity contribution is -0.130. The van der Waals surface area contributed by atoms with Gasteiger partial charge in [-0.3, -0.25) is 9.69 Å². The van der Waals surface area contributed by atoms with Crippen LogP contribution in [0.5, 0.6) is 0 Å². The Hall–Kier alpha value is -0.650. The molecule has 0 spiro atoms. The van der Waals surface area contributed by atoms with Crippen LogP contribution in [0, 0.1) is 0 Å². The summed E-state index contributed by atoms with van der Waals surface area (Å²) >= 11 is 0. The maximum absolute atomic E-state index is 11.9. The SMILES string of the molecule is CC1CN(C(C)CNC(=O)C2CCCO2)CC(C)O1. The van der Waals surface area contributed by atoms with E-state index in [1.54, 1.807) is 0 Å². The van der Waals surface area contributed by atoms with Gasteiger partial charge >= 0.3 is 0 Å². The predicted octanol–water partition coefficient (Wildman–Crippen LogP) is 0.779. The molecule has 19 heavy (non-hydrogen) atoms. The molecule has 0 aliphatic carbocycles. The molecule has 2 fully saturated rings. The molecule has 5 heteroatoms. The van der Waals surface area contributed by atoms with Crippen LogP contribution in [-0.4, -0.2) is 61.4 Å². The van der Waals surface area contributed by atoms with Crippen LogP contribution in [0.4, 0.5) is 0 Å². The Balaban J connectivity index is 1.74. The first-order chi connectivity index (χ1) is 9.06. The fourth-order valence-corrected chi connectivity index (χ4v) is 2.85. The number of ether oxygens (including phenoxy) is 2. The van der Waals surface area contributed by atoms with Crippen LogP contribution in [0.1, 0.15) is 33.6 Å². The standard InChI is InChI=1S/C14H26N2O3/c1-10(16-8-11(2)19-12(3)9-16)7-15-14(17)13-5-4-6-18-13/h10-13H,4-9H2,1-3H3,(H,15,17). The van der Waals surface area contributed by atoms with Crippen molar-refractivity contribution in [3.05, 3.63) is 0 Å². The zero-order valence-corrected chi connectivity index (χ0v) is 12.2. The number of hydrogen-bond donors (Lipinski definition) is 1. The van der Waals surface area contributed by atoms with Gasteiger partial charge in [-0.2, -0.15) is 0 Å². The molecule has 4 unspecified atom stereocenters. The van der Waals surface area contributed by atoms with E-state index in [1.165, 1.54) is 0 Å². The van der Waals surface area contributed by atoms with Crippen LogP contribution >= 0.6 is 0 Å². The van der Waals surface area contributed by atoms with Crippen molar-refractivity contribution in [1.82, 2.24) is 10.2 Å². The molecular formula is C14H26N2O3. The maximum Gasteiger partial charge on any atom is 0.249 e. The van der Waals surface area contributed by atoms with Crippen molar-refractivity contribution in [3.8, 4) is 0 Å². The first-order valence-corrected chi connectivity index (χ1v) is 7.35.